The van der Waals surface area contributed by atoms with E-state index in [2.05, 4.69) is 5.32 Å². The molecule has 8 N–H and O–H groups in total. The average molecular weight is 380 g/mol. The maximum Gasteiger partial charge on any atom is 0.320 e. The Hall–Kier alpha value is -2.29. The third kappa shape index (κ3) is 13.6. The van der Waals surface area contributed by atoms with Gasteiger partial charge in [-0.15, -0.1) is 0 Å². The number of hydrogen-bond donors (Lipinski definition) is 5. The van der Waals surface area contributed by atoms with Crippen LogP contribution in [0.5, 0.6) is 0 Å². The molecule has 1 unspecified atom stereocenters. The van der Waals surface area contributed by atoms with Crippen molar-refractivity contribution in [2.75, 3.05) is 11.9 Å². The quantitative estimate of drug-likeness (QED) is 0.483. The SMILES string of the molecule is CC(=O)Nc1ccc(C=O)cc1.NC1CCCCC1.NCCC(N)C(=O)O. The molecule has 27 heavy (non-hydrogen) atoms. The van der Waals surface area contributed by atoms with Gasteiger partial charge in [-0.1, -0.05) is 19.3 Å². The molecule has 0 spiro atoms. The third-order valence-electron chi connectivity index (χ3n) is 3.81. The molecule has 152 valence electrons. The van der Waals surface area contributed by atoms with Crippen LogP contribution < -0.4 is 22.5 Å². The van der Waals surface area contributed by atoms with Crippen molar-refractivity contribution in [2.45, 2.75) is 57.5 Å². The van der Waals surface area contributed by atoms with E-state index in [1.54, 1.807) is 24.3 Å². The highest BCUT2D eigenvalue weighted by Crippen LogP contribution is 2.14. The molecule has 0 aliphatic heterocycles. The Labute approximate surface area is 160 Å². The zero-order valence-corrected chi connectivity index (χ0v) is 15.9. The molecule has 1 aromatic carbocycles. The van der Waals surface area contributed by atoms with Crippen LogP contribution >= 0.6 is 0 Å². The van der Waals surface area contributed by atoms with Crippen LogP contribution in [0.25, 0.3) is 0 Å². The first kappa shape index (κ1) is 24.7. The second kappa shape index (κ2) is 14.8. The fourth-order valence-electron chi connectivity index (χ4n) is 2.29. The van der Waals surface area contributed by atoms with Gasteiger partial charge in [-0.2, -0.15) is 0 Å². The number of hydrogen-bond acceptors (Lipinski definition) is 6. The van der Waals surface area contributed by atoms with Crippen LogP contribution in [0, 0.1) is 0 Å². The minimum Gasteiger partial charge on any atom is -0.480 e. The van der Waals surface area contributed by atoms with Gasteiger partial charge >= 0.3 is 5.97 Å². The summed E-state index contributed by atoms with van der Waals surface area (Å²) in [5.74, 6) is -1.11. The van der Waals surface area contributed by atoms with Gasteiger partial charge in [-0.05, 0) is 50.1 Å². The molecule has 0 bridgehead atoms. The van der Waals surface area contributed by atoms with Crippen molar-refractivity contribution in [3.63, 3.8) is 0 Å². The summed E-state index contributed by atoms with van der Waals surface area (Å²) >= 11 is 0. The minimum atomic E-state index is -0.990. The van der Waals surface area contributed by atoms with Crippen LogP contribution in [0.4, 0.5) is 5.69 Å². The Kier molecular flexibility index (Phi) is 13.6. The van der Waals surface area contributed by atoms with Crippen molar-refractivity contribution in [1.82, 2.24) is 0 Å². The summed E-state index contributed by atoms with van der Waals surface area (Å²) in [6.45, 7) is 1.76. The number of anilines is 1. The molecule has 0 radical (unpaired) electrons. The lowest BCUT2D eigenvalue weighted by Crippen LogP contribution is -2.32. The van der Waals surface area contributed by atoms with Gasteiger partial charge in [0.15, 0.2) is 0 Å². The molecule has 2 rings (SSSR count). The lowest BCUT2D eigenvalue weighted by molar-refractivity contribution is -0.138. The third-order valence-corrected chi connectivity index (χ3v) is 3.81. The van der Waals surface area contributed by atoms with Gasteiger partial charge < -0.3 is 27.6 Å². The number of carboxylic acid groups (broad SMARTS) is 1. The molecular formula is C19H32N4O4. The van der Waals surface area contributed by atoms with E-state index < -0.39 is 12.0 Å². The Balaban J connectivity index is 0.000000395. The van der Waals surface area contributed by atoms with Gasteiger partial charge in [0, 0.05) is 24.2 Å². The van der Waals surface area contributed by atoms with Crippen molar-refractivity contribution in [2.24, 2.45) is 17.2 Å². The normalized spacial score (nSPS) is 14.5. The zero-order chi connectivity index (χ0) is 20.7. The number of rotatable bonds is 5. The van der Waals surface area contributed by atoms with E-state index in [-0.39, 0.29) is 5.91 Å². The van der Waals surface area contributed by atoms with E-state index in [0.29, 0.717) is 30.3 Å². The summed E-state index contributed by atoms with van der Waals surface area (Å²) in [5.41, 5.74) is 17.0. The number of aldehydes is 1. The predicted octanol–water partition coefficient (Wildman–Crippen LogP) is 1.48. The Morgan fingerprint density at radius 2 is 1.78 bits per heavy atom. The summed E-state index contributed by atoms with van der Waals surface area (Å²) in [6, 6.07) is 6.42. The Morgan fingerprint density at radius 3 is 2.07 bits per heavy atom. The van der Waals surface area contributed by atoms with Crippen molar-refractivity contribution in [3.8, 4) is 0 Å². The molecule has 1 amide bonds. The van der Waals surface area contributed by atoms with Crippen LogP contribution in [-0.4, -0.2) is 41.9 Å². The highest BCUT2D eigenvalue weighted by atomic mass is 16.4. The number of carbonyl (C=O) groups is 3. The van der Waals surface area contributed by atoms with E-state index in [0.717, 1.165) is 6.29 Å². The van der Waals surface area contributed by atoms with Crippen molar-refractivity contribution in [1.29, 1.82) is 0 Å². The van der Waals surface area contributed by atoms with Crippen molar-refractivity contribution < 1.29 is 19.5 Å². The highest BCUT2D eigenvalue weighted by Gasteiger charge is 2.08. The summed E-state index contributed by atoms with van der Waals surface area (Å²) in [7, 11) is 0. The predicted molar refractivity (Wildman–Crippen MR) is 106 cm³/mol. The summed E-state index contributed by atoms with van der Waals surface area (Å²) in [5, 5.41) is 10.7. The smallest absolute Gasteiger partial charge is 0.320 e. The van der Waals surface area contributed by atoms with E-state index in [9.17, 15) is 14.4 Å². The van der Waals surface area contributed by atoms with Crippen LogP contribution in [0.3, 0.4) is 0 Å². The van der Waals surface area contributed by atoms with Gasteiger partial charge in [0.25, 0.3) is 0 Å². The highest BCUT2D eigenvalue weighted by molar-refractivity contribution is 5.89. The number of amides is 1. The molecule has 1 aliphatic rings. The molecule has 1 aromatic rings. The van der Waals surface area contributed by atoms with Crippen LogP contribution in [0.1, 0.15) is 55.8 Å². The fraction of sp³-hybridized carbons (Fsp3) is 0.526. The maximum absolute atomic E-state index is 10.6. The van der Waals surface area contributed by atoms with E-state index >= 15 is 0 Å². The van der Waals surface area contributed by atoms with E-state index in [1.807, 2.05) is 0 Å². The molecular weight excluding hydrogens is 348 g/mol. The van der Waals surface area contributed by atoms with Gasteiger partial charge in [-0.25, -0.2) is 0 Å². The molecule has 1 saturated carbocycles. The van der Waals surface area contributed by atoms with Gasteiger partial charge in [0.1, 0.15) is 12.3 Å². The first-order valence-corrected chi connectivity index (χ1v) is 9.07. The lowest BCUT2D eigenvalue weighted by Gasteiger charge is -2.15. The molecule has 1 fully saturated rings. The number of nitrogens with two attached hydrogens (primary N) is 3. The van der Waals surface area contributed by atoms with E-state index in [1.165, 1.54) is 39.0 Å². The number of benzene rings is 1. The zero-order valence-electron chi connectivity index (χ0n) is 15.9. The van der Waals surface area contributed by atoms with Gasteiger partial charge in [-0.3, -0.25) is 14.4 Å². The molecule has 0 aromatic heterocycles. The van der Waals surface area contributed by atoms with Crippen LogP contribution in [-0.2, 0) is 9.59 Å². The summed E-state index contributed by atoms with van der Waals surface area (Å²) < 4.78 is 0. The number of nitrogens with one attached hydrogen (secondary N) is 1. The molecule has 8 nitrogen and oxygen atoms in total. The van der Waals surface area contributed by atoms with Crippen molar-refractivity contribution >= 4 is 23.9 Å². The monoisotopic (exact) mass is 380 g/mol. The van der Waals surface area contributed by atoms with Crippen molar-refractivity contribution in [3.05, 3.63) is 29.8 Å². The molecule has 1 atom stereocenters. The van der Waals surface area contributed by atoms with E-state index in [4.69, 9.17) is 22.3 Å². The minimum absolute atomic E-state index is 0.117. The first-order valence-electron chi connectivity index (χ1n) is 9.07. The standard InChI is InChI=1S/C9H9NO2.C6H13N.C4H10N2O2/c1-7(12)10-9-4-2-8(6-11)3-5-9;7-6-4-2-1-3-5-6;5-2-1-3(6)4(7)8/h2-6H,1H3,(H,10,12);6H,1-5,7H2;3H,1-2,5-6H2,(H,7,8). The number of aliphatic carboxylic acids is 1. The first-order chi connectivity index (χ1) is 12.8. The number of carbonyl (C=O) groups excluding carboxylic acids is 2. The van der Waals surface area contributed by atoms with Crippen LogP contribution in [0.15, 0.2) is 24.3 Å². The molecule has 0 saturated heterocycles. The Bertz CT molecular complexity index is 557. The van der Waals surface area contributed by atoms with Gasteiger partial charge in [0.2, 0.25) is 5.91 Å². The molecule has 1 aliphatic carbocycles. The second-order valence-corrected chi connectivity index (χ2v) is 6.34. The second-order valence-electron chi connectivity index (χ2n) is 6.34. The molecule has 0 heterocycles. The largest absolute Gasteiger partial charge is 0.480 e. The number of carboxylic acids is 1. The van der Waals surface area contributed by atoms with Gasteiger partial charge in [0.05, 0.1) is 0 Å². The average Bonchev–Trinajstić information content (AvgIpc) is 2.64. The fourth-order valence-corrected chi connectivity index (χ4v) is 2.29. The lowest BCUT2D eigenvalue weighted by atomic mass is 9.97. The topological polar surface area (TPSA) is 162 Å². The molecule has 8 heteroatoms. The Morgan fingerprint density at radius 1 is 1.22 bits per heavy atom. The summed E-state index contributed by atoms with van der Waals surface area (Å²) in [4.78, 5) is 30.7. The summed E-state index contributed by atoms with van der Waals surface area (Å²) in [6.07, 6.45) is 7.77. The maximum atomic E-state index is 10.6. The van der Waals surface area contributed by atoms with Crippen LogP contribution in [0.2, 0.25) is 0 Å².